The third-order valence-corrected chi connectivity index (χ3v) is 10.4. The average Bonchev–Trinajstić information content (AvgIpc) is 3.74. The van der Waals surface area contributed by atoms with Crippen molar-refractivity contribution in [1.29, 1.82) is 0 Å². The first-order chi connectivity index (χ1) is 30.2. The van der Waals surface area contributed by atoms with Crippen molar-refractivity contribution < 1.29 is 48.0 Å². The van der Waals surface area contributed by atoms with Crippen LogP contribution in [0.5, 0.6) is 0 Å². The van der Waals surface area contributed by atoms with Crippen LogP contribution in [0.1, 0.15) is 66.7 Å². The summed E-state index contributed by atoms with van der Waals surface area (Å²) in [4.78, 5) is 83.6. The molecular weight excluding hydrogens is 811 g/mol. The Kier molecular flexibility index (Phi) is 12.5. The van der Waals surface area contributed by atoms with Gasteiger partial charge in [-0.15, -0.1) is 0 Å². The number of carbonyl (C=O) groups excluding carboxylic acids is 5. The lowest BCUT2D eigenvalue weighted by Crippen LogP contribution is -2.17. The highest BCUT2D eigenvalue weighted by Crippen LogP contribution is 2.34. The molecule has 7 rings (SSSR count). The van der Waals surface area contributed by atoms with Crippen molar-refractivity contribution in [2.75, 3.05) is 13.2 Å². The molecular formula is C47H41N5O11. The zero-order valence-electron chi connectivity index (χ0n) is 35.0. The number of nitrogens with zero attached hydrogens (tertiary/aromatic N) is 5. The number of ketones is 1. The lowest BCUT2D eigenvalue weighted by molar-refractivity contribution is -0.384. The lowest BCUT2D eigenvalue weighted by Gasteiger charge is -2.10. The number of hydrogen-bond acceptors (Lipinski definition) is 13. The zero-order valence-corrected chi connectivity index (χ0v) is 35.0. The van der Waals surface area contributed by atoms with Crippen molar-refractivity contribution >= 4 is 90.4 Å². The van der Waals surface area contributed by atoms with Crippen LogP contribution >= 0.6 is 0 Å². The van der Waals surface area contributed by atoms with Gasteiger partial charge < -0.3 is 28.3 Å². The van der Waals surface area contributed by atoms with Crippen LogP contribution in [0.4, 0.5) is 5.69 Å². The number of aromatic nitrogens is 2. The molecule has 320 valence electrons. The second-order valence-electron chi connectivity index (χ2n) is 14.8. The molecule has 63 heavy (non-hydrogen) atoms. The summed E-state index contributed by atoms with van der Waals surface area (Å²) in [6.07, 6.45) is 0.211. The molecule has 0 aliphatic carbocycles. The van der Waals surface area contributed by atoms with Crippen molar-refractivity contribution in [2.45, 2.75) is 54.1 Å². The summed E-state index contributed by atoms with van der Waals surface area (Å²) >= 11 is 0. The molecule has 0 atom stereocenters. The maximum Gasteiger partial charge on any atom is 0.331 e. The third-order valence-electron chi connectivity index (χ3n) is 10.4. The molecule has 2 aromatic heterocycles. The monoisotopic (exact) mass is 851 g/mol. The Morgan fingerprint density at radius 1 is 0.587 bits per heavy atom. The van der Waals surface area contributed by atoms with Gasteiger partial charge in [-0.3, -0.25) is 24.5 Å². The molecule has 0 aliphatic rings. The average molecular weight is 852 g/mol. The Hall–Kier alpha value is -8.01. The van der Waals surface area contributed by atoms with Crippen LogP contribution in [0.3, 0.4) is 0 Å². The van der Waals surface area contributed by atoms with Gasteiger partial charge >= 0.3 is 23.9 Å². The van der Waals surface area contributed by atoms with Crippen LogP contribution in [0.15, 0.2) is 107 Å². The van der Waals surface area contributed by atoms with Crippen LogP contribution in [0.2, 0.25) is 0 Å². The topological polar surface area (TPSA) is 200 Å². The third kappa shape index (κ3) is 9.34. The predicted molar refractivity (Wildman–Crippen MR) is 235 cm³/mol. The molecule has 0 saturated carbocycles. The van der Waals surface area contributed by atoms with Gasteiger partial charge in [0.25, 0.3) is 5.69 Å². The molecule has 0 bridgehead atoms. The second kappa shape index (κ2) is 18.3. The standard InChI is InChI=1S/C47H41N5O11/c1-27-9-6-7-10-36(27)47(57)34-13-17-43-39(23-34)37-21-32(28(2)48-62-30(4)53)11-15-41(37)50(43)25-45(55)60-19-8-20-61-46(56)26-51-42-16-12-33(29(3)49-63-31(5)54)22-38(42)40-24-35(52(58)59)14-18-44(40)51/h6-7,9-18,21-24H,8,19-20,25-26H2,1-5H3/b48-28-,49-29+. The van der Waals surface area contributed by atoms with Gasteiger partial charge in [0.15, 0.2) is 5.78 Å². The predicted octanol–water partition coefficient (Wildman–Crippen LogP) is 8.10. The Balaban J connectivity index is 1.04. The van der Waals surface area contributed by atoms with Crippen molar-refractivity contribution in [3.05, 3.63) is 135 Å². The molecule has 16 nitrogen and oxygen atoms in total. The number of hydrogen-bond donors (Lipinski definition) is 0. The number of rotatable bonds is 15. The summed E-state index contributed by atoms with van der Waals surface area (Å²) in [6.45, 7) is 7.27. The van der Waals surface area contributed by atoms with Crippen molar-refractivity contribution in [3.8, 4) is 0 Å². The fourth-order valence-corrected chi connectivity index (χ4v) is 7.38. The van der Waals surface area contributed by atoms with Gasteiger partial charge in [0.2, 0.25) is 0 Å². The fourth-order valence-electron chi connectivity index (χ4n) is 7.38. The minimum atomic E-state index is -0.584. The van der Waals surface area contributed by atoms with E-state index in [4.69, 9.17) is 19.1 Å². The second-order valence-corrected chi connectivity index (χ2v) is 14.8. The normalized spacial score (nSPS) is 11.9. The number of fused-ring (bicyclic) bond motifs is 6. The van der Waals surface area contributed by atoms with E-state index in [1.54, 1.807) is 77.6 Å². The fraction of sp³-hybridized carbons (Fsp3) is 0.213. The first-order valence-corrected chi connectivity index (χ1v) is 19.8. The first kappa shape index (κ1) is 43.1. The van der Waals surface area contributed by atoms with E-state index in [1.165, 1.54) is 26.0 Å². The van der Waals surface area contributed by atoms with E-state index in [2.05, 4.69) is 10.3 Å². The molecule has 0 spiro atoms. The van der Waals surface area contributed by atoms with E-state index in [0.717, 1.165) is 16.3 Å². The summed E-state index contributed by atoms with van der Waals surface area (Å²) in [5.41, 5.74) is 6.46. The highest BCUT2D eigenvalue weighted by Gasteiger charge is 2.21. The Labute approximate surface area is 359 Å². The quantitative estimate of drug-likeness (QED) is 0.0184. The van der Waals surface area contributed by atoms with Crippen LogP contribution in [-0.2, 0) is 51.4 Å². The highest BCUT2D eigenvalue weighted by atomic mass is 16.7. The molecule has 0 unspecified atom stereocenters. The number of esters is 2. The minimum Gasteiger partial charge on any atom is -0.464 e. The summed E-state index contributed by atoms with van der Waals surface area (Å²) in [5, 5.41) is 22.0. The molecule has 0 fully saturated rings. The van der Waals surface area contributed by atoms with E-state index in [-0.39, 0.29) is 44.2 Å². The van der Waals surface area contributed by atoms with Crippen molar-refractivity contribution in [1.82, 2.24) is 9.13 Å². The number of nitro groups is 1. The van der Waals surface area contributed by atoms with E-state index >= 15 is 0 Å². The molecule has 7 aromatic rings. The molecule has 5 aromatic carbocycles. The van der Waals surface area contributed by atoms with Gasteiger partial charge in [-0.05, 0) is 86.0 Å². The Morgan fingerprint density at radius 3 is 1.48 bits per heavy atom. The summed E-state index contributed by atoms with van der Waals surface area (Å²) in [6, 6.07) is 27.7. The number of carbonyl (C=O) groups is 5. The van der Waals surface area contributed by atoms with Crippen LogP contribution in [0, 0.1) is 17.0 Å². The van der Waals surface area contributed by atoms with Crippen LogP contribution in [0.25, 0.3) is 43.6 Å². The van der Waals surface area contributed by atoms with Crippen molar-refractivity contribution in [2.24, 2.45) is 10.3 Å². The highest BCUT2D eigenvalue weighted by molar-refractivity contribution is 6.17. The summed E-state index contributed by atoms with van der Waals surface area (Å²) in [5.74, 6) is -2.40. The van der Waals surface area contributed by atoms with Gasteiger partial charge in [-0.1, -0.05) is 46.7 Å². The minimum absolute atomic E-state index is 0.0373. The van der Waals surface area contributed by atoms with E-state index in [9.17, 15) is 34.1 Å². The largest absolute Gasteiger partial charge is 0.464 e. The maximum atomic E-state index is 13.6. The van der Waals surface area contributed by atoms with E-state index in [1.807, 2.05) is 37.3 Å². The van der Waals surface area contributed by atoms with Gasteiger partial charge in [-0.25, -0.2) is 9.59 Å². The van der Waals surface area contributed by atoms with Gasteiger partial charge in [-0.2, -0.15) is 0 Å². The van der Waals surface area contributed by atoms with Crippen LogP contribution in [-0.4, -0.2) is 68.4 Å². The van der Waals surface area contributed by atoms with Gasteiger partial charge in [0.1, 0.15) is 13.1 Å². The van der Waals surface area contributed by atoms with Crippen molar-refractivity contribution in [3.63, 3.8) is 0 Å². The smallest absolute Gasteiger partial charge is 0.331 e. The molecule has 0 amide bonds. The van der Waals surface area contributed by atoms with E-state index in [0.29, 0.717) is 66.5 Å². The summed E-state index contributed by atoms with van der Waals surface area (Å²) < 4.78 is 14.6. The Morgan fingerprint density at radius 2 is 1.02 bits per heavy atom. The number of aryl methyl sites for hydroxylation is 1. The number of ether oxygens (including phenoxy) is 2. The van der Waals surface area contributed by atoms with E-state index < -0.39 is 28.8 Å². The molecule has 0 aliphatic heterocycles. The number of oxime groups is 2. The molecule has 0 N–H and O–H groups in total. The Bertz CT molecular complexity index is 3080. The molecule has 16 heteroatoms. The molecule has 0 saturated heterocycles. The van der Waals surface area contributed by atoms with Crippen LogP contribution < -0.4 is 0 Å². The maximum absolute atomic E-state index is 13.6. The number of nitro benzene ring substituents is 1. The lowest BCUT2D eigenvalue weighted by atomic mass is 9.97. The SMILES string of the molecule is CC(=O)O/N=C(/C)c1ccc2c(c1)c1cc(C(=O)c3ccccc3C)ccc1n2CC(=O)OCCCOC(=O)Cn1c2ccc(/C(C)=N/OC(C)=O)cc2c2cc([N+](=O)[O-])ccc21. The van der Waals surface area contributed by atoms with Gasteiger partial charge in [0, 0.05) is 81.6 Å². The first-order valence-electron chi connectivity index (χ1n) is 19.8. The van der Waals surface area contributed by atoms with Gasteiger partial charge in [0.05, 0.1) is 35.1 Å². The molecule has 2 heterocycles. The summed E-state index contributed by atoms with van der Waals surface area (Å²) in [7, 11) is 0. The number of non-ortho nitro benzene ring substituents is 1. The number of benzene rings is 5. The zero-order chi connectivity index (χ0) is 44.9. The molecule has 0 radical (unpaired) electrons.